The zero-order chi connectivity index (χ0) is 14.5. The minimum atomic E-state index is 0.648. The normalized spacial score (nSPS) is 15.9. The summed E-state index contributed by atoms with van der Waals surface area (Å²) >= 11 is 0. The lowest BCUT2D eigenvalue weighted by atomic mass is 10.1. The second kappa shape index (κ2) is 6.55. The van der Waals surface area contributed by atoms with E-state index in [1.807, 2.05) is 30.3 Å². The summed E-state index contributed by atoms with van der Waals surface area (Å²) in [5.41, 5.74) is 2.37. The number of rotatable bonds is 3. The third-order valence-electron chi connectivity index (χ3n) is 3.98. The van der Waals surface area contributed by atoms with Crippen molar-refractivity contribution in [3.8, 4) is 0 Å². The summed E-state index contributed by atoms with van der Waals surface area (Å²) in [6.07, 6.45) is 0. The topological polar surface area (TPSA) is 30.3 Å². The monoisotopic (exact) mass is 279 g/mol. The Labute approximate surface area is 126 Å². The minimum absolute atomic E-state index is 0.648. The lowest BCUT2D eigenvalue weighted by Gasteiger charge is -2.36. The van der Waals surface area contributed by atoms with E-state index in [2.05, 4.69) is 40.1 Å². The van der Waals surface area contributed by atoms with Crippen molar-refractivity contribution in [3.05, 3.63) is 71.8 Å². The first-order chi connectivity index (χ1) is 10.3. The number of amidine groups is 1. The number of hydrogen-bond donors (Lipinski definition) is 1. The Morgan fingerprint density at radius 2 is 1.38 bits per heavy atom. The van der Waals surface area contributed by atoms with Crippen LogP contribution in [0.25, 0.3) is 0 Å². The molecule has 0 saturated carbocycles. The zero-order valence-corrected chi connectivity index (χ0v) is 12.2. The van der Waals surface area contributed by atoms with Crippen LogP contribution in [0, 0.1) is 5.41 Å². The van der Waals surface area contributed by atoms with Crippen LogP contribution in [0.15, 0.2) is 60.7 Å². The van der Waals surface area contributed by atoms with E-state index in [0.29, 0.717) is 5.84 Å². The van der Waals surface area contributed by atoms with Crippen LogP contribution in [0.4, 0.5) is 0 Å². The second-order valence-corrected chi connectivity index (χ2v) is 5.46. The van der Waals surface area contributed by atoms with Gasteiger partial charge in [-0.15, -0.1) is 0 Å². The fourth-order valence-electron chi connectivity index (χ4n) is 2.75. The van der Waals surface area contributed by atoms with Crippen LogP contribution < -0.4 is 0 Å². The quantitative estimate of drug-likeness (QED) is 0.692. The van der Waals surface area contributed by atoms with Gasteiger partial charge in [0, 0.05) is 38.3 Å². The fourth-order valence-corrected chi connectivity index (χ4v) is 2.75. The van der Waals surface area contributed by atoms with Crippen molar-refractivity contribution in [2.24, 2.45) is 0 Å². The van der Waals surface area contributed by atoms with Gasteiger partial charge < -0.3 is 4.90 Å². The van der Waals surface area contributed by atoms with Crippen LogP contribution in [0.3, 0.4) is 0 Å². The van der Waals surface area contributed by atoms with Gasteiger partial charge in [0.15, 0.2) is 0 Å². The molecule has 0 atom stereocenters. The highest BCUT2D eigenvalue weighted by atomic mass is 15.3. The maximum Gasteiger partial charge on any atom is 0.128 e. The number of nitrogens with zero attached hydrogens (tertiary/aromatic N) is 2. The van der Waals surface area contributed by atoms with Crippen LogP contribution in [0.2, 0.25) is 0 Å². The van der Waals surface area contributed by atoms with Gasteiger partial charge in [0.05, 0.1) is 0 Å². The predicted octanol–water partition coefficient (Wildman–Crippen LogP) is 2.83. The Hall–Kier alpha value is -2.13. The molecule has 0 amide bonds. The third-order valence-corrected chi connectivity index (χ3v) is 3.98. The van der Waals surface area contributed by atoms with Crippen molar-refractivity contribution < 1.29 is 0 Å². The standard InChI is InChI=1S/C18H21N3/c19-18(17-9-5-2-6-10-17)21-13-11-20(12-14-21)15-16-7-3-1-4-8-16/h1-10,19H,11-15H2. The molecular formula is C18H21N3. The number of benzene rings is 2. The van der Waals surface area contributed by atoms with E-state index < -0.39 is 0 Å². The lowest BCUT2D eigenvalue weighted by Crippen LogP contribution is -2.48. The maximum atomic E-state index is 8.32. The van der Waals surface area contributed by atoms with E-state index in [1.54, 1.807) is 0 Å². The van der Waals surface area contributed by atoms with Crippen molar-refractivity contribution in [3.63, 3.8) is 0 Å². The van der Waals surface area contributed by atoms with Crippen molar-refractivity contribution in [1.82, 2.24) is 9.80 Å². The lowest BCUT2D eigenvalue weighted by molar-refractivity contribution is 0.175. The third kappa shape index (κ3) is 3.50. The molecule has 0 unspecified atom stereocenters. The molecule has 0 radical (unpaired) electrons. The molecule has 1 N–H and O–H groups in total. The van der Waals surface area contributed by atoms with Gasteiger partial charge in [-0.2, -0.15) is 0 Å². The summed E-state index contributed by atoms with van der Waals surface area (Å²) in [6.45, 7) is 4.91. The van der Waals surface area contributed by atoms with Gasteiger partial charge in [-0.25, -0.2) is 0 Å². The molecule has 3 heteroatoms. The molecule has 0 spiro atoms. The molecule has 3 nitrogen and oxygen atoms in total. The highest BCUT2D eigenvalue weighted by Crippen LogP contribution is 2.11. The molecule has 0 aliphatic carbocycles. The maximum absolute atomic E-state index is 8.32. The van der Waals surface area contributed by atoms with Crippen molar-refractivity contribution in [2.75, 3.05) is 26.2 Å². The van der Waals surface area contributed by atoms with E-state index in [4.69, 9.17) is 5.41 Å². The van der Waals surface area contributed by atoms with Gasteiger partial charge in [0.2, 0.25) is 0 Å². The van der Waals surface area contributed by atoms with E-state index in [0.717, 1.165) is 38.3 Å². The molecule has 1 fully saturated rings. The van der Waals surface area contributed by atoms with Gasteiger partial charge in [-0.05, 0) is 5.56 Å². The summed E-state index contributed by atoms with van der Waals surface area (Å²) < 4.78 is 0. The molecule has 3 rings (SSSR count). The molecule has 2 aromatic rings. The Balaban J connectivity index is 1.54. The first kappa shape index (κ1) is 13.8. The van der Waals surface area contributed by atoms with Crippen molar-refractivity contribution in [1.29, 1.82) is 5.41 Å². The van der Waals surface area contributed by atoms with Crippen LogP contribution in [0.1, 0.15) is 11.1 Å². The molecule has 21 heavy (non-hydrogen) atoms. The number of hydrogen-bond acceptors (Lipinski definition) is 2. The van der Waals surface area contributed by atoms with Crippen LogP contribution in [-0.2, 0) is 6.54 Å². The highest BCUT2D eigenvalue weighted by molar-refractivity contribution is 5.96. The van der Waals surface area contributed by atoms with Gasteiger partial charge in [0.1, 0.15) is 5.84 Å². The second-order valence-electron chi connectivity index (χ2n) is 5.46. The molecule has 1 aliphatic heterocycles. The Morgan fingerprint density at radius 3 is 2.00 bits per heavy atom. The zero-order valence-electron chi connectivity index (χ0n) is 12.2. The van der Waals surface area contributed by atoms with E-state index in [1.165, 1.54) is 5.56 Å². The van der Waals surface area contributed by atoms with Gasteiger partial charge >= 0.3 is 0 Å². The van der Waals surface area contributed by atoms with Crippen molar-refractivity contribution in [2.45, 2.75) is 6.54 Å². The first-order valence-corrected chi connectivity index (χ1v) is 7.48. The van der Waals surface area contributed by atoms with Gasteiger partial charge in [-0.1, -0.05) is 60.7 Å². The van der Waals surface area contributed by atoms with Crippen LogP contribution >= 0.6 is 0 Å². The van der Waals surface area contributed by atoms with Gasteiger partial charge in [0.25, 0.3) is 0 Å². The molecular weight excluding hydrogens is 258 g/mol. The highest BCUT2D eigenvalue weighted by Gasteiger charge is 2.19. The Morgan fingerprint density at radius 1 is 0.810 bits per heavy atom. The average molecular weight is 279 g/mol. The Kier molecular flexibility index (Phi) is 4.31. The average Bonchev–Trinajstić information content (AvgIpc) is 2.57. The molecule has 1 aliphatic rings. The SMILES string of the molecule is N=C(c1ccccc1)N1CCN(Cc2ccccc2)CC1. The first-order valence-electron chi connectivity index (χ1n) is 7.48. The molecule has 1 heterocycles. The largest absolute Gasteiger partial charge is 0.354 e. The number of nitrogens with one attached hydrogen (secondary N) is 1. The van der Waals surface area contributed by atoms with E-state index in [-0.39, 0.29) is 0 Å². The van der Waals surface area contributed by atoms with Crippen LogP contribution in [-0.4, -0.2) is 41.8 Å². The summed E-state index contributed by atoms with van der Waals surface area (Å²) in [7, 11) is 0. The molecule has 2 aromatic carbocycles. The van der Waals surface area contributed by atoms with Crippen LogP contribution in [0.5, 0.6) is 0 Å². The molecule has 1 saturated heterocycles. The molecule has 108 valence electrons. The fraction of sp³-hybridized carbons (Fsp3) is 0.278. The van der Waals surface area contributed by atoms with Gasteiger partial charge in [-0.3, -0.25) is 10.3 Å². The smallest absolute Gasteiger partial charge is 0.128 e. The summed E-state index contributed by atoms with van der Waals surface area (Å²) in [5.74, 6) is 0.648. The minimum Gasteiger partial charge on any atom is -0.354 e. The molecule has 0 aromatic heterocycles. The number of piperazine rings is 1. The summed E-state index contributed by atoms with van der Waals surface area (Å²) in [4.78, 5) is 4.64. The summed E-state index contributed by atoms with van der Waals surface area (Å²) in [6, 6.07) is 20.6. The van der Waals surface area contributed by atoms with E-state index in [9.17, 15) is 0 Å². The predicted molar refractivity (Wildman–Crippen MR) is 86.6 cm³/mol. The summed E-state index contributed by atoms with van der Waals surface area (Å²) in [5, 5.41) is 8.32. The van der Waals surface area contributed by atoms with Crippen molar-refractivity contribution >= 4 is 5.84 Å². The van der Waals surface area contributed by atoms with E-state index >= 15 is 0 Å². The molecule has 0 bridgehead atoms. The Bertz CT molecular complexity index is 572.